The minimum absolute atomic E-state index is 0.119. The maximum absolute atomic E-state index is 8.66. The van der Waals surface area contributed by atoms with Gasteiger partial charge in [-0.3, -0.25) is 9.97 Å². The smallest absolute Gasteiger partial charge is 0.0889 e. The highest BCUT2D eigenvalue weighted by Gasteiger charge is 2.34. The van der Waals surface area contributed by atoms with E-state index in [1.807, 2.05) is 5.32 Å². The van der Waals surface area contributed by atoms with E-state index >= 15 is 0 Å². The molecule has 2 atom stereocenters. The molecule has 1 N–H and O–H groups in total. The van der Waals surface area contributed by atoms with E-state index in [1.54, 1.807) is 0 Å². The molecule has 1 aromatic heterocycles. The molecule has 2 heterocycles. The zero-order chi connectivity index (χ0) is 19.5. The minimum atomic E-state index is -3.08. The van der Waals surface area contributed by atoms with Gasteiger partial charge in [-0.25, -0.2) is 0 Å². The predicted octanol–water partition coefficient (Wildman–Crippen LogP) is 1.80. The van der Waals surface area contributed by atoms with Gasteiger partial charge in [-0.1, -0.05) is 0 Å². The molecule has 1 aromatic carbocycles. The van der Waals surface area contributed by atoms with Gasteiger partial charge in [0.1, 0.15) is 0 Å². The minimum Gasteiger partial charge on any atom is -0.316 e. The molecule has 1 aliphatic heterocycles. The highest BCUT2D eigenvalue weighted by molar-refractivity contribution is 5.77. The van der Waals surface area contributed by atoms with Crippen molar-refractivity contribution in [2.24, 2.45) is 0 Å². The highest BCUT2D eigenvalue weighted by Crippen LogP contribution is 2.44. The monoisotopic (exact) mass is 221 g/mol. The van der Waals surface area contributed by atoms with Crippen LogP contribution in [0.2, 0.25) is 0 Å². The zero-order valence-electron chi connectivity index (χ0n) is 18.0. The number of piperidine rings is 1. The van der Waals surface area contributed by atoms with Crippen molar-refractivity contribution in [2.75, 3.05) is 13.0 Å². The second-order valence-corrected chi connectivity index (χ2v) is 3.50. The number of hydrogen-bond donors (Lipinski definition) is 1. The Balaban J connectivity index is 2.32. The van der Waals surface area contributed by atoms with Gasteiger partial charge in [0.2, 0.25) is 0 Å². The van der Waals surface area contributed by atoms with Gasteiger partial charge in [0, 0.05) is 36.4 Å². The molecule has 16 heavy (non-hydrogen) atoms. The van der Waals surface area contributed by atoms with Crippen molar-refractivity contribution < 1.29 is 13.7 Å². The molecule has 2 aliphatic rings. The van der Waals surface area contributed by atoms with E-state index in [9.17, 15) is 0 Å². The second-order valence-electron chi connectivity index (χ2n) is 3.50. The van der Waals surface area contributed by atoms with E-state index in [0.29, 0.717) is 0 Å². The van der Waals surface area contributed by atoms with Crippen LogP contribution in [0.25, 0.3) is 11.0 Å². The third-order valence-electron chi connectivity index (χ3n) is 2.56. The van der Waals surface area contributed by atoms with Gasteiger partial charge in [-0.15, -0.1) is 0 Å². The van der Waals surface area contributed by atoms with Crippen molar-refractivity contribution in [2.45, 2.75) is 18.2 Å². The van der Waals surface area contributed by atoms with Crippen molar-refractivity contribution in [1.82, 2.24) is 15.3 Å². The lowest BCUT2D eigenvalue weighted by molar-refractivity contribution is 0.454. The predicted molar refractivity (Wildman–Crippen MR) is 62.5 cm³/mol. The highest BCUT2D eigenvalue weighted by atomic mass is 14.9. The molecular formula is C13H13N3. The van der Waals surface area contributed by atoms with Gasteiger partial charge in [0.05, 0.1) is 13.8 Å². The first kappa shape index (κ1) is 3.50. The summed E-state index contributed by atoms with van der Waals surface area (Å²) >= 11 is 0. The maximum atomic E-state index is 8.66. The molecule has 2 bridgehead atoms. The number of nitrogens with one attached hydrogen (secondary N) is 1. The molecular weight excluding hydrogens is 198 g/mol. The summed E-state index contributed by atoms with van der Waals surface area (Å²) in [5, 5.41) is 1.93. The maximum Gasteiger partial charge on any atom is 0.0889 e. The van der Waals surface area contributed by atoms with Gasteiger partial charge < -0.3 is 5.32 Å². The third-order valence-corrected chi connectivity index (χ3v) is 2.56. The lowest BCUT2D eigenvalue weighted by atomic mass is 9.98. The van der Waals surface area contributed by atoms with Crippen LogP contribution in [0.4, 0.5) is 0 Å². The molecule has 2 aromatic rings. The SMILES string of the molecule is [2H]c1c2c(c([2H])c3nccnc13)[C@]1([2H])C([2H])([2H])NC([2H])([2H])[C@@]2([2H])C1([2H])[2H]. The van der Waals surface area contributed by atoms with Gasteiger partial charge >= 0.3 is 0 Å². The van der Waals surface area contributed by atoms with Crippen LogP contribution in [0.5, 0.6) is 0 Å². The molecule has 1 saturated heterocycles. The zero-order valence-corrected chi connectivity index (χ0v) is 8.05. The fourth-order valence-electron chi connectivity index (χ4n) is 1.85. The van der Waals surface area contributed by atoms with Crippen LogP contribution < -0.4 is 5.32 Å². The van der Waals surface area contributed by atoms with Crippen molar-refractivity contribution in [1.29, 1.82) is 0 Å². The Kier molecular flexibility index (Phi) is 0.660. The molecule has 1 fully saturated rings. The summed E-state index contributed by atoms with van der Waals surface area (Å²) in [6, 6.07) is -1.04. The van der Waals surface area contributed by atoms with Crippen molar-refractivity contribution in [3.8, 4) is 0 Å². The van der Waals surface area contributed by atoms with Crippen molar-refractivity contribution in [3.05, 3.63) is 35.6 Å². The fraction of sp³-hybridized carbons (Fsp3) is 0.385. The summed E-state index contributed by atoms with van der Waals surface area (Å²) in [5.74, 6) is -5.66. The molecule has 4 rings (SSSR count). The molecule has 0 saturated carbocycles. The Labute approximate surface area is 108 Å². The van der Waals surface area contributed by atoms with Crippen LogP contribution in [0.3, 0.4) is 0 Å². The van der Waals surface area contributed by atoms with E-state index in [0.717, 1.165) is 0 Å². The van der Waals surface area contributed by atoms with Gasteiger partial charge in [-0.2, -0.15) is 0 Å². The van der Waals surface area contributed by atoms with Crippen LogP contribution >= 0.6 is 0 Å². The first-order valence-corrected chi connectivity index (χ1v) is 4.80. The van der Waals surface area contributed by atoms with Crippen molar-refractivity contribution >= 4 is 11.0 Å². The van der Waals surface area contributed by atoms with E-state index in [-0.39, 0.29) is 11.0 Å². The second kappa shape index (κ2) is 3.01. The van der Waals surface area contributed by atoms with Crippen LogP contribution in [0.15, 0.2) is 24.5 Å². The molecule has 1 aliphatic carbocycles. The Morgan fingerprint density at radius 2 is 1.75 bits per heavy atom. The lowest BCUT2D eigenvalue weighted by Crippen LogP contribution is -2.28. The lowest BCUT2D eigenvalue weighted by Gasteiger charge is -2.19. The summed E-state index contributed by atoms with van der Waals surface area (Å²) in [6.07, 6.45) is -0.577. The van der Waals surface area contributed by atoms with E-state index in [2.05, 4.69) is 9.97 Å². The summed E-state index contributed by atoms with van der Waals surface area (Å²) in [6.45, 7) is -5.90. The first-order chi connectivity index (χ1) is 11.8. The number of rotatable bonds is 0. The summed E-state index contributed by atoms with van der Waals surface area (Å²) in [7, 11) is 0. The fourth-order valence-corrected chi connectivity index (χ4v) is 1.85. The topological polar surface area (TPSA) is 37.8 Å². The molecule has 3 heteroatoms. The molecule has 0 amide bonds. The number of aromatic nitrogens is 2. The molecule has 3 nitrogen and oxygen atoms in total. The number of hydrogen-bond acceptors (Lipinski definition) is 3. The average molecular weight is 221 g/mol. The van der Waals surface area contributed by atoms with Gasteiger partial charge in [-0.05, 0) is 41.4 Å². The number of benzene rings is 1. The first-order valence-electron chi connectivity index (χ1n) is 9.80. The van der Waals surface area contributed by atoms with Crippen molar-refractivity contribution in [3.63, 3.8) is 0 Å². The van der Waals surface area contributed by atoms with E-state index in [1.165, 1.54) is 12.4 Å². The largest absolute Gasteiger partial charge is 0.316 e. The number of fused-ring (bicyclic) bond motifs is 6. The Hall–Kier alpha value is -1.48. The third kappa shape index (κ3) is 1.06. The Morgan fingerprint density at radius 3 is 2.31 bits per heavy atom. The van der Waals surface area contributed by atoms with E-state index < -0.39 is 54.4 Å². The van der Waals surface area contributed by atoms with Gasteiger partial charge in [0.15, 0.2) is 0 Å². The van der Waals surface area contributed by atoms with Gasteiger partial charge in [0.25, 0.3) is 0 Å². The van der Waals surface area contributed by atoms with Crippen LogP contribution in [0.1, 0.15) is 43.0 Å². The average Bonchev–Trinajstić information content (AvgIpc) is 2.66. The summed E-state index contributed by atoms with van der Waals surface area (Å²) in [5.41, 5.74) is -1.30. The molecule has 0 spiro atoms. The van der Waals surface area contributed by atoms with Crippen LogP contribution in [0, 0.1) is 0 Å². The van der Waals surface area contributed by atoms with Crippen LogP contribution in [-0.4, -0.2) is 23.0 Å². The Bertz CT molecular complexity index is 902. The summed E-state index contributed by atoms with van der Waals surface area (Å²) < 4.78 is 83.4. The number of nitrogens with zero attached hydrogens (tertiary/aromatic N) is 2. The Morgan fingerprint density at radius 1 is 1.19 bits per heavy atom. The molecule has 80 valence electrons. The standard InChI is InChI=1S/C13H13N3/c1-2-16-13-5-11-9-3-8(6-14-7-9)10(11)4-12(13)15-1/h1-2,4-5,8-9,14H,3,6-7H2/t8-,9+/i3D2,4D,5D,6D2,7D2,8D,9D. The normalized spacial score (nSPS) is 54.8. The van der Waals surface area contributed by atoms with E-state index in [4.69, 9.17) is 13.7 Å². The summed E-state index contributed by atoms with van der Waals surface area (Å²) in [4.78, 5) is 7.89. The molecule has 0 radical (unpaired) electrons. The van der Waals surface area contributed by atoms with Crippen LogP contribution in [-0.2, 0) is 0 Å². The quantitative estimate of drug-likeness (QED) is 0.737. The molecule has 0 unspecified atom stereocenters.